The second-order valence-corrected chi connectivity index (χ2v) is 12.7. The number of amides is 1. The summed E-state index contributed by atoms with van der Waals surface area (Å²) in [7, 11) is -3.96. The minimum atomic E-state index is -3.96. The number of halogens is 4. The van der Waals surface area contributed by atoms with Crippen molar-refractivity contribution in [2.75, 3.05) is 30.8 Å². The molecule has 0 aliphatic carbocycles. The number of carbonyl (C=O) groups is 1. The number of carbonyl (C=O) groups excluding carboxylic acids is 1. The van der Waals surface area contributed by atoms with Gasteiger partial charge in [-0.05, 0) is 43.2 Å². The largest absolute Gasteiger partial charge is 0.355 e. The molecule has 0 radical (unpaired) electrons. The van der Waals surface area contributed by atoms with E-state index in [2.05, 4.69) is 16.5 Å². The van der Waals surface area contributed by atoms with Gasteiger partial charge in [-0.1, -0.05) is 37.8 Å². The number of benzene rings is 2. The van der Waals surface area contributed by atoms with Crippen molar-refractivity contribution in [2.24, 2.45) is 0 Å². The first kappa shape index (κ1) is 31.8. The molecule has 236 valence electrons. The Bertz CT molecular complexity index is 2020. The molecule has 3 heterocycles. The summed E-state index contributed by atoms with van der Waals surface area (Å²) in [5.74, 6) is -2.64. The fraction of sp³-hybridized carbons (Fsp3) is 0.290. The van der Waals surface area contributed by atoms with E-state index < -0.39 is 56.4 Å². The number of hydrogen-bond acceptors (Lipinski definition) is 7. The minimum Gasteiger partial charge on any atom is -0.350 e. The van der Waals surface area contributed by atoms with Gasteiger partial charge >= 0.3 is 5.69 Å². The Morgan fingerprint density at radius 2 is 1.82 bits per heavy atom. The van der Waals surface area contributed by atoms with Crippen molar-refractivity contribution >= 4 is 32.6 Å². The number of aryl methyl sites for hydroxylation is 1. The van der Waals surface area contributed by atoms with Gasteiger partial charge in [0, 0.05) is 43.1 Å². The second kappa shape index (κ2) is 12.1. The van der Waals surface area contributed by atoms with Crippen LogP contribution in [0.2, 0.25) is 0 Å². The monoisotopic (exact) mass is 643 g/mol. The average molecular weight is 644 g/mol. The molecule has 0 N–H and O–H groups in total. The van der Waals surface area contributed by atoms with Crippen LogP contribution in [0.25, 0.3) is 28.0 Å². The molecule has 0 spiro atoms. The lowest BCUT2D eigenvalue weighted by Gasteiger charge is -2.40. The van der Waals surface area contributed by atoms with Gasteiger partial charge in [0.05, 0.1) is 16.0 Å². The third-order valence-corrected chi connectivity index (χ3v) is 8.92. The first-order chi connectivity index (χ1) is 21.3. The molecule has 1 aliphatic rings. The minimum absolute atomic E-state index is 0.0140. The lowest BCUT2D eigenvalue weighted by Crippen LogP contribution is -2.54. The number of fused-ring (bicyclic) bond motifs is 1. The molecule has 1 fully saturated rings. The first-order valence-electron chi connectivity index (χ1n) is 14.0. The molecule has 1 atom stereocenters. The SMILES string of the molecule is C=CC(=O)N1CCN(c2nc(=O)n(-c3c(CC)cccc3S(C)(=O)=O)c3nc(-c4c(F)cccc4C(F)F)c(F)cc23)[C@@H](C)C1. The summed E-state index contributed by atoms with van der Waals surface area (Å²) in [5, 5.41) is -0.0495. The molecule has 14 heteroatoms. The summed E-state index contributed by atoms with van der Waals surface area (Å²) >= 11 is 0. The Hall–Kier alpha value is -4.59. The Labute approximate surface area is 256 Å². The van der Waals surface area contributed by atoms with Crippen LogP contribution in [0.15, 0.2) is 64.8 Å². The molecule has 2 aromatic heterocycles. The summed E-state index contributed by atoms with van der Waals surface area (Å²) in [6.45, 7) is 7.62. The Kier molecular flexibility index (Phi) is 8.53. The number of hydrogen-bond donors (Lipinski definition) is 0. The van der Waals surface area contributed by atoms with Crippen LogP contribution in [0.4, 0.5) is 23.4 Å². The summed E-state index contributed by atoms with van der Waals surface area (Å²) < 4.78 is 85.8. The number of para-hydroxylation sites is 1. The van der Waals surface area contributed by atoms with Gasteiger partial charge in [-0.3, -0.25) is 4.79 Å². The Morgan fingerprint density at radius 1 is 1.11 bits per heavy atom. The molecular formula is C31H29F4N5O4S. The van der Waals surface area contributed by atoms with Gasteiger partial charge in [0.2, 0.25) is 5.91 Å². The van der Waals surface area contributed by atoms with E-state index >= 15 is 8.78 Å². The van der Waals surface area contributed by atoms with Crippen LogP contribution >= 0.6 is 0 Å². The zero-order chi connectivity index (χ0) is 32.8. The van der Waals surface area contributed by atoms with E-state index in [1.54, 1.807) is 29.7 Å². The fourth-order valence-electron chi connectivity index (χ4n) is 5.68. The van der Waals surface area contributed by atoms with Crippen molar-refractivity contribution < 1.29 is 30.8 Å². The van der Waals surface area contributed by atoms with E-state index in [0.29, 0.717) is 5.56 Å². The van der Waals surface area contributed by atoms with E-state index in [0.717, 1.165) is 35.1 Å². The third-order valence-electron chi connectivity index (χ3n) is 7.79. The van der Waals surface area contributed by atoms with E-state index in [4.69, 9.17) is 0 Å². The van der Waals surface area contributed by atoms with Gasteiger partial charge in [-0.15, -0.1) is 0 Å². The van der Waals surface area contributed by atoms with Gasteiger partial charge in [-0.25, -0.2) is 40.3 Å². The predicted octanol–water partition coefficient (Wildman–Crippen LogP) is 4.85. The van der Waals surface area contributed by atoms with Crippen LogP contribution in [-0.2, 0) is 21.1 Å². The van der Waals surface area contributed by atoms with Gasteiger partial charge < -0.3 is 9.80 Å². The van der Waals surface area contributed by atoms with E-state index in [-0.39, 0.29) is 59.4 Å². The lowest BCUT2D eigenvalue weighted by atomic mass is 10.0. The maximum absolute atomic E-state index is 16.0. The van der Waals surface area contributed by atoms with Gasteiger partial charge in [0.25, 0.3) is 6.43 Å². The van der Waals surface area contributed by atoms with Crippen LogP contribution in [-0.4, -0.2) is 65.7 Å². The number of rotatable bonds is 7. The molecular weight excluding hydrogens is 614 g/mol. The van der Waals surface area contributed by atoms with Crippen molar-refractivity contribution in [3.8, 4) is 16.9 Å². The molecule has 45 heavy (non-hydrogen) atoms. The summed E-state index contributed by atoms with van der Waals surface area (Å²) in [4.78, 5) is 37.8. The van der Waals surface area contributed by atoms with Crippen molar-refractivity contribution in [1.82, 2.24) is 19.4 Å². The number of pyridine rings is 1. The number of nitrogens with zero attached hydrogens (tertiary/aromatic N) is 5. The number of anilines is 1. The molecule has 0 saturated carbocycles. The molecule has 4 aromatic rings. The van der Waals surface area contributed by atoms with Crippen molar-refractivity contribution in [3.05, 3.63) is 88.4 Å². The van der Waals surface area contributed by atoms with Crippen molar-refractivity contribution in [2.45, 2.75) is 37.6 Å². The first-order valence-corrected chi connectivity index (χ1v) is 15.9. The normalized spacial score (nSPS) is 15.6. The van der Waals surface area contributed by atoms with E-state index in [1.165, 1.54) is 18.2 Å². The third kappa shape index (κ3) is 5.70. The van der Waals surface area contributed by atoms with Crippen LogP contribution < -0.4 is 10.6 Å². The molecule has 9 nitrogen and oxygen atoms in total. The summed E-state index contributed by atoms with van der Waals surface area (Å²) in [5.41, 5.74) is -3.36. The predicted molar refractivity (Wildman–Crippen MR) is 162 cm³/mol. The molecule has 1 amide bonds. The molecule has 2 aromatic carbocycles. The highest BCUT2D eigenvalue weighted by atomic mass is 32.2. The number of piperazine rings is 1. The number of alkyl halides is 2. The highest BCUT2D eigenvalue weighted by molar-refractivity contribution is 7.90. The number of aromatic nitrogens is 3. The van der Waals surface area contributed by atoms with Crippen LogP contribution in [0.1, 0.15) is 31.4 Å². The van der Waals surface area contributed by atoms with E-state index in [1.807, 2.05) is 0 Å². The molecule has 0 unspecified atom stereocenters. The average Bonchev–Trinajstić information content (AvgIpc) is 2.99. The molecule has 1 aliphatic heterocycles. The highest BCUT2D eigenvalue weighted by Gasteiger charge is 2.32. The molecule has 5 rings (SSSR count). The van der Waals surface area contributed by atoms with E-state index in [9.17, 15) is 26.8 Å². The topological polar surface area (TPSA) is 105 Å². The fourth-order valence-corrected chi connectivity index (χ4v) is 6.58. The van der Waals surface area contributed by atoms with Gasteiger partial charge in [-0.2, -0.15) is 4.98 Å². The van der Waals surface area contributed by atoms with Crippen LogP contribution in [0, 0.1) is 11.6 Å². The highest BCUT2D eigenvalue weighted by Crippen LogP contribution is 2.37. The van der Waals surface area contributed by atoms with Crippen molar-refractivity contribution in [1.29, 1.82) is 0 Å². The standard InChI is InChI=1S/C31H29F4N5O4S/c1-5-18-9-7-12-23(45(4,43)44)27(18)40-30-20(15-22(33)26(36-30)25-19(28(34)35)10-8-11-21(25)32)29(37-31(40)42)39-14-13-38(16-17(39)3)24(41)6-2/h6-12,15,17,28H,2,5,13-14,16H2,1,3-4H3/t17-/m0/s1. The quantitative estimate of drug-likeness (QED) is 0.209. The molecule has 0 bridgehead atoms. The maximum Gasteiger partial charge on any atom is 0.355 e. The molecule has 1 saturated heterocycles. The maximum atomic E-state index is 16.0. The zero-order valence-corrected chi connectivity index (χ0v) is 25.4. The second-order valence-electron chi connectivity index (χ2n) is 10.7. The zero-order valence-electron chi connectivity index (χ0n) is 24.6. The van der Waals surface area contributed by atoms with Crippen LogP contribution in [0.5, 0.6) is 0 Å². The Balaban J connectivity index is 1.90. The van der Waals surface area contributed by atoms with Gasteiger partial charge in [0.1, 0.15) is 17.3 Å². The summed E-state index contributed by atoms with van der Waals surface area (Å²) in [6.07, 6.45) is -0.782. The smallest absolute Gasteiger partial charge is 0.350 e. The number of sulfone groups is 1. The lowest BCUT2D eigenvalue weighted by molar-refractivity contribution is -0.126. The van der Waals surface area contributed by atoms with Crippen LogP contribution in [0.3, 0.4) is 0 Å². The van der Waals surface area contributed by atoms with Gasteiger partial charge in [0.15, 0.2) is 21.3 Å². The summed E-state index contributed by atoms with van der Waals surface area (Å²) in [6, 6.07) is 7.80. The van der Waals surface area contributed by atoms with Crippen molar-refractivity contribution in [3.63, 3.8) is 0 Å². The Morgan fingerprint density at radius 3 is 2.44 bits per heavy atom.